The minimum absolute atomic E-state index is 0.667. The van der Waals surface area contributed by atoms with Crippen molar-refractivity contribution in [1.29, 1.82) is 0 Å². The molecule has 112 valence electrons. The third-order valence-electron chi connectivity index (χ3n) is 4.25. The first kappa shape index (κ1) is 15.3. The van der Waals surface area contributed by atoms with Crippen molar-refractivity contribution in [2.75, 3.05) is 18.0 Å². The number of thiazole rings is 1. The molecule has 1 saturated heterocycles. The van der Waals surface area contributed by atoms with Crippen molar-refractivity contribution < 1.29 is 9.90 Å². The van der Waals surface area contributed by atoms with Crippen molar-refractivity contribution in [2.24, 2.45) is 5.92 Å². The van der Waals surface area contributed by atoms with Crippen LogP contribution in [0.2, 0.25) is 0 Å². The minimum Gasteiger partial charge on any atom is -0.481 e. The first-order chi connectivity index (χ1) is 9.45. The van der Waals surface area contributed by atoms with Gasteiger partial charge in [0, 0.05) is 18.5 Å². The lowest BCUT2D eigenvalue weighted by atomic mass is 9.90. The Kier molecular flexibility index (Phi) is 4.68. The van der Waals surface area contributed by atoms with Gasteiger partial charge in [0.15, 0.2) is 5.13 Å². The van der Waals surface area contributed by atoms with Gasteiger partial charge in [0.05, 0.1) is 5.69 Å². The van der Waals surface area contributed by atoms with E-state index in [0.29, 0.717) is 5.69 Å². The summed E-state index contributed by atoms with van der Waals surface area (Å²) < 4.78 is 0. The first-order valence-electron chi connectivity index (χ1n) is 7.39. The summed E-state index contributed by atoms with van der Waals surface area (Å²) in [5, 5.41) is 12.1. The van der Waals surface area contributed by atoms with E-state index in [0.717, 1.165) is 24.1 Å². The molecule has 5 heteroatoms. The van der Waals surface area contributed by atoms with Crippen molar-refractivity contribution >= 4 is 22.4 Å². The quantitative estimate of drug-likeness (QED) is 0.903. The van der Waals surface area contributed by atoms with Gasteiger partial charge in [0.25, 0.3) is 0 Å². The SMILES string of the molecule is CCCC1CCN(c2nc(C(C)(C)C(=O)O)cs2)CC1. The van der Waals surface area contributed by atoms with Gasteiger partial charge in [-0.05, 0) is 32.6 Å². The summed E-state index contributed by atoms with van der Waals surface area (Å²) in [6.45, 7) is 7.76. The lowest BCUT2D eigenvalue weighted by molar-refractivity contribution is -0.142. The zero-order chi connectivity index (χ0) is 14.8. The van der Waals surface area contributed by atoms with Gasteiger partial charge < -0.3 is 10.0 Å². The number of carboxylic acids is 1. The summed E-state index contributed by atoms with van der Waals surface area (Å²) in [5.74, 6) is 0.0298. The van der Waals surface area contributed by atoms with E-state index in [4.69, 9.17) is 0 Å². The van der Waals surface area contributed by atoms with Crippen molar-refractivity contribution in [3.63, 3.8) is 0 Å². The van der Waals surface area contributed by atoms with Gasteiger partial charge in [-0.1, -0.05) is 19.8 Å². The van der Waals surface area contributed by atoms with Crippen LogP contribution < -0.4 is 4.90 Å². The summed E-state index contributed by atoms with van der Waals surface area (Å²) in [4.78, 5) is 18.1. The summed E-state index contributed by atoms with van der Waals surface area (Å²) in [6, 6.07) is 0. The van der Waals surface area contributed by atoms with Crippen LogP contribution in [0.1, 0.15) is 52.1 Å². The maximum atomic E-state index is 11.3. The molecule has 1 N–H and O–H groups in total. The maximum absolute atomic E-state index is 11.3. The highest BCUT2D eigenvalue weighted by Gasteiger charge is 2.33. The number of aromatic nitrogens is 1. The number of aliphatic carboxylic acids is 1. The number of nitrogens with zero attached hydrogens (tertiary/aromatic N) is 2. The Balaban J connectivity index is 2.02. The Bertz CT molecular complexity index is 462. The summed E-state index contributed by atoms with van der Waals surface area (Å²) in [6.07, 6.45) is 5.04. The Hall–Kier alpha value is -1.10. The second-order valence-electron chi connectivity index (χ2n) is 6.16. The molecule has 0 amide bonds. The number of hydrogen-bond donors (Lipinski definition) is 1. The largest absolute Gasteiger partial charge is 0.481 e. The maximum Gasteiger partial charge on any atom is 0.315 e. The first-order valence-corrected chi connectivity index (χ1v) is 8.27. The molecule has 1 fully saturated rings. The molecule has 0 atom stereocenters. The molecule has 4 nitrogen and oxygen atoms in total. The highest BCUT2D eigenvalue weighted by atomic mass is 32.1. The normalized spacial score (nSPS) is 17.4. The average Bonchev–Trinajstić information content (AvgIpc) is 2.90. The number of carbonyl (C=O) groups is 1. The highest BCUT2D eigenvalue weighted by Crippen LogP contribution is 2.32. The fourth-order valence-corrected chi connectivity index (χ4v) is 3.67. The van der Waals surface area contributed by atoms with E-state index in [2.05, 4.69) is 16.8 Å². The monoisotopic (exact) mass is 296 g/mol. The van der Waals surface area contributed by atoms with Crippen LogP contribution >= 0.6 is 11.3 Å². The molecule has 2 heterocycles. The number of piperidine rings is 1. The van der Waals surface area contributed by atoms with E-state index in [1.807, 2.05) is 5.38 Å². The number of rotatable bonds is 5. The fraction of sp³-hybridized carbons (Fsp3) is 0.733. The van der Waals surface area contributed by atoms with E-state index >= 15 is 0 Å². The van der Waals surface area contributed by atoms with Crippen molar-refractivity contribution in [3.8, 4) is 0 Å². The van der Waals surface area contributed by atoms with Crippen LogP contribution in [0.4, 0.5) is 5.13 Å². The van der Waals surface area contributed by atoms with Gasteiger partial charge in [-0.15, -0.1) is 11.3 Å². The smallest absolute Gasteiger partial charge is 0.315 e. The molecule has 2 rings (SSSR count). The molecule has 0 aromatic carbocycles. The fourth-order valence-electron chi connectivity index (χ4n) is 2.63. The van der Waals surface area contributed by atoms with Gasteiger partial charge in [-0.3, -0.25) is 4.79 Å². The molecule has 0 radical (unpaired) electrons. The van der Waals surface area contributed by atoms with E-state index in [9.17, 15) is 9.90 Å². The van der Waals surface area contributed by atoms with E-state index in [1.54, 1.807) is 25.2 Å². The topological polar surface area (TPSA) is 53.4 Å². The third kappa shape index (κ3) is 3.14. The van der Waals surface area contributed by atoms with Crippen molar-refractivity contribution in [3.05, 3.63) is 11.1 Å². The Labute approximate surface area is 124 Å². The summed E-state index contributed by atoms with van der Waals surface area (Å²) >= 11 is 1.57. The van der Waals surface area contributed by atoms with Crippen LogP contribution in [-0.4, -0.2) is 29.1 Å². The van der Waals surface area contributed by atoms with Gasteiger partial charge in [-0.25, -0.2) is 4.98 Å². The van der Waals surface area contributed by atoms with Gasteiger partial charge in [-0.2, -0.15) is 0 Å². The Morgan fingerprint density at radius 3 is 2.70 bits per heavy atom. The van der Waals surface area contributed by atoms with E-state index < -0.39 is 11.4 Å². The molecule has 0 unspecified atom stereocenters. The van der Waals surface area contributed by atoms with Crippen molar-refractivity contribution in [2.45, 2.75) is 51.9 Å². The number of hydrogen-bond acceptors (Lipinski definition) is 4. The Morgan fingerprint density at radius 2 is 2.15 bits per heavy atom. The molecular weight excluding hydrogens is 272 g/mol. The molecular formula is C15H24N2O2S. The van der Waals surface area contributed by atoms with Crippen LogP contribution in [0, 0.1) is 5.92 Å². The lowest BCUT2D eigenvalue weighted by Gasteiger charge is -2.31. The zero-order valence-corrected chi connectivity index (χ0v) is 13.4. The van der Waals surface area contributed by atoms with E-state index in [-0.39, 0.29) is 0 Å². The average molecular weight is 296 g/mol. The number of carboxylic acid groups (broad SMARTS) is 1. The van der Waals surface area contributed by atoms with Crippen LogP contribution in [0.25, 0.3) is 0 Å². The van der Waals surface area contributed by atoms with Crippen LogP contribution in [0.15, 0.2) is 5.38 Å². The van der Waals surface area contributed by atoms with Gasteiger partial charge >= 0.3 is 5.97 Å². The standard InChI is InChI=1S/C15H24N2O2S/c1-4-5-11-6-8-17(9-7-11)14-16-12(10-20-14)15(2,3)13(18)19/h10-11H,4-9H2,1-3H3,(H,18,19). The summed E-state index contributed by atoms with van der Waals surface area (Å²) in [5.41, 5.74) is -0.240. The second-order valence-corrected chi connectivity index (χ2v) is 7.00. The molecule has 0 spiro atoms. The van der Waals surface area contributed by atoms with E-state index in [1.165, 1.54) is 25.7 Å². The molecule has 1 aliphatic heterocycles. The molecule has 20 heavy (non-hydrogen) atoms. The van der Waals surface area contributed by atoms with Gasteiger partial charge in [0.2, 0.25) is 0 Å². The second kappa shape index (κ2) is 6.12. The van der Waals surface area contributed by atoms with Crippen LogP contribution in [-0.2, 0) is 10.2 Å². The van der Waals surface area contributed by atoms with Crippen LogP contribution in [0.3, 0.4) is 0 Å². The number of anilines is 1. The molecule has 0 bridgehead atoms. The van der Waals surface area contributed by atoms with Crippen LogP contribution in [0.5, 0.6) is 0 Å². The summed E-state index contributed by atoms with van der Waals surface area (Å²) in [7, 11) is 0. The van der Waals surface area contributed by atoms with Crippen molar-refractivity contribution in [1.82, 2.24) is 4.98 Å². The predicted molar refractivity (Wildman–Crippen MR) is 82.6 cm³/mol. The highest BCUT2D eigenvalue weighted by molar-refractivity contribution is 7.13. The molecule has 1 aromatic rings. The lowest BCUT2D eigenvalue weighted by Crippen LogP contribution is -2.34. The Morgan fingerprint density at radius 1 is 1.50 bits per heavy atom. The molecule has 0 aliphatic carbocycles. The zero-order valence-electron chi connectivity index (χ0n) is 12.6. The predicted octanol–water partition coefficient (Wildman–Crippen LogP) is 3.52. The molecule has 1 aliphatic rings. The minimum atomic E-state index is -0.907. The molecule has 0 saturated carbocycles. The third-order valence-corrected chi connectivity index (χ3v) is 5.15. The molecule has 1 aromatic heterocycles. The van der Waals surface area contributed by atoms with Gasteiger partial charge in [0.1, 0.15) is 5.41 Å².